The predicted molar refractivity (Wildman–Crippen MR) is 90.9 cm³/mol. The number of aromatic nitrogens is 5. The summed E-state index contributed by atoms with van der Waals surface area (Å²) in [5.41, 5.74) is 1.36. The van der Waals surface area contributed by atoms with Crippen LogP contribution in [-0.4, -0.2) is 66.0 Å². The zero-order valence-corrected chi connectivity index (χ0v) is 14.1. The van der Waals surface area contributed by atoms with Crippen molar-refractivity contribution in [3.8, 4) is 11.4 Å². The van der Waals surface area contributed by atoms with Crippen LogP contribution in [-0.2, 0) is 7.05 Å². The molecule has 0 aliphatic carbocycles. The van der Waals surface area contributed by atoms with Crippen LogP contribution in [0.1, 0.15) is 10.4 Å². The first-order valence-corrected chi connectivity index (χ1v) is 8.19. The Kier molecular flexibility index (Phi) is 4.13. The summed E-state index contributed by atoms with van der Waals surface area (Å²) in [6.45, 7) is 0.550. The zero-order chi connectivity index (χ0) is 18.1. The number of ether oxygens (including phenoxy) is 1. The maximum Gasteiger partial charge on any atom is 0.254 e. The number of carbonyl (C=O) groups excluding carboxylic acids is 1. The van der Waals surface area contributed by atoms with Crippen molar-refractivity contribution in [2.75, 3.05) is 13.1 Å². The number of aliphatic hydroxyl groups is 1. The second-order valence-corrected chi connectivity index (χ2v) is 6.18. The number of aryl methyl sites for hydroxylation is 1. The summed E-state index contributed by atoms with van der Waals surface area (Å²) in [5.74, 6) is 0.425. The molecule has 26 heavy (non-hydrogen) atoms. The molecule has 134 valence electrons. The molecule has 3 aromatic rings. The van der Waals surface area contributed by atoms with Crippen LogP contribution in [0.25, 0.3) is 5.69 Å². The Morgan fingerprint density at radius 2 is 2.08 bits per heavy atom. The second kappa shape index (κ2) is 6.60. The summed E-state index contributed by atoms with van der Waals surface area (Å²) < 4.78 is 8.98. The molecule has 2 aromatic heterocycles. The molecule has 9 heteroatoms. The minimum atomic E-state index is -0.742. The van der Waals surface area contributed by atoms with Gasteiger partial charge in [0.05, 0.1) is 43.6 Å². The second-order valence-electron chi connectivity index (χ2n) is 6.18. The Hall–Kier alpha value is -3.20. The Balaban J connectivity index is 1.43. The van der Waals surface area contributed by atoms with Gasteiger partial charge in [-0.05, 0) is 24.3 Å². The van der Waals surface area contributed by atoms with Gasteiger partial charge in [0.1, 0.15) is 12.2 Å². The number of carbonyl (C=O) groups is 1. The third-order valence-electron chi connectivity index (χ3n) is 4.29. The lowest BCUT2D eigenvalue weighted by Crippen LogP contribution is -2.31. The molecule has 0 spiro atoms. The highest BCUT2D eigenvalue weighted by molar-refractivity contribution is 5.94. The van der Waals surface area contributed by atoms with Crippen LogP contribution in [0.4, 0.5) is 0 Å². The molecule has 2 atom stereocenters. The number of hydrogen-bond acceptors (Lipinski definition) is 6. The van der Waals surface area contributed by atoms with Crippen LogP contribution in [0.3, 0.4) is 0 Å². The van der Waals surface area contributed by atoms with E-state index in [1.807, 2.05) is 0 Å². The molecule has 0 saturated carbocycles. The molecular formula is C17H18N6O3. The molecule has 1 N–H and O–H groups in total. The Morgan fingerprint density at radius 1 is 1.27 bits per heavy atom. The van der Waals surface area contributed by atoms with Gasteiger partial charge in [0.25, 0.3) is 5.91 Å². The molecule has 0 unspecified atom stereocenters. The minimum absolute atomic E-state index is 0.147. The highest BCUT2D eigenvalue weighted by atomic mass is 16.5. The SMILES string of the molecule is Cn1cc(O[C@@H]2CN(C(=O)c3ccc(-n4ccnn4)cc3)C[C@H]2O)cn1. The Morgan fingerprint density at radius 3 is 2.73 bits per heavy atom. The number of amides is 1. The van der Waals surface area contributed by atoms with Gasteiger partial charge in [0.2, 0.25) is 0 Å². The smallest absolute Gasteiger partial charge is 0.254 e. The van der Waals surface area contributed by atoms with E-state index in [4.69, 9.17) is 4.74 Å². The summed E-state index contributed by atoms with van der Waals surface area (Å²) in [4.78, 5) is 14.3. The zero-order valence-electron chi connectivity index (χ0n) is 14.1. The number of hydrogen-bond donors (Lipinski definition) is 1. The third kappa shape index (κ3) is 3.16. The van der Waals surface area contributed by atoms with Gasteiger partial charge in [0, 0.05) is 12.6 Å². The van der Waals surface area contributed by atoms with Gasteiger partial charge in [0.15, 0.2) is 5.75 Å². The topological polar surface area (TPSA) is 98.3 Å². The normalized spacial score (nSPS) is 19.7. The van der Waals surface area contributed by atoms with E-state index in [1.165, 1.54) is 0 Å². The van der Waals surface area contributed by atoms with Crippen molar-refractivity contribution in [2.45, 2.75) is 12.2 Å². The summed E-state index contributed by atoms with van der Waals surface area (Å²) >= 11 is 0. The summed E-state index contributed by atoms with van der Waals surface area (Å²) in [6, 6.07) is 7.08. The third-order valence-corrected chi connectivity index (χ3v) is 4.29. The molecule has 1 aliphatic heterocycles. The van der Waals surface area contributed by atoms with E-state index in [-0.39, 0.29) is 12.5 Å². The van der Waals surface area contributed by atoms with Crippen molar-refractivity contribution in [3.05, 3.63) is 54.6 Å². The molecule has 3 heterocycles. The lowest BCUT2D eigenvalue weighted by Gasteiger charge is -2.16. The van der Waals surface area contributed by atoms with Crippen LogP contribution in [0.5, 0.6) is 5.75 Å². The van der Waals surface area contributed by atoms with Gasteiger partial charge in [-0.1, -0.05) is 5.21 Å². The van der Waals surface area contributed by atoms with Crippen molar-refractivity contribution in [2.24, 2.45) is 7.05 Å². The predicted octanol–water partition coefficient (Wildman–Crippen LogP) is 0.265. The van der Waals surface area contributed by atoms with Crippen molar-refractivity contribution < 1.29 is 14.6 Å². The van der Waals surface area contributed by atoms with Crippen molar-refractivity contribution in [3.63, 3.8) is 0 Å². The van der Waals surface area contributed by atoms with Crippen LogP contribution >= 0.6 is 0 Å². The summed E-state index contributed by atoms with van der Waals surface area (Å²) in [7, 11) is 1.79. The standard InChI is InChI=1S/C17H18N6O3/c1-21-9-14(8-19-21)26-16-11-22(10-15(16)24)17(25)12-2-4-13(5-3-12)23-7-6-18-20-23/h2-9,15-16,24H,10-11H2,1H3/t15-,16-/m1/s1. The van der Waals surface area contributed by atoms with E-state index in [9.17, 15) is 9.90 Å². The molecule has 4 rings (SSSR count). The number of aliphatic hydroxyl groups excluding tert-OH is 1. The van der Waals surface area contributed by atoms with Crippen LogP contribution < -0.4 is 4.74 Å². The average molecular weight is 354 g/mol. The van der Waals surface area contributed by atoms with Gasteiger partial charge < -0.3 is 14.7 Å². The molecular weight excluding hydrogens is 336 g/mol. The van der Waals surface area contributed by atoms with Crippen molar-refractivity contribution in [1.82, 2.24) is 29.7 Å². The highest BCUT2D eigenvalue weighted by Gasteiger charge is 2.36. The molecule has 1 amide bonds. The first kappa shape index (κ1) is 16.3. The van der Waals surface area contributed by atoms with E-state index in [0.717, 1.165) is 5.69 Å². The van der Waals surface area contributed by atoms with Crippen molar-refractivity contribution >= 4 is 5.91 Å². The quantitative estimate of drug-likeness (QED) is 0.722. The maximum absolute atomic E-state index is 12.7. The van der Waals surface area contributed by atoms with Crippen LogP contribution in [0.2, 0.25) is 0 Å². The van der Waals surface area contributed by atoms with Gasteiger partial charge in [-0.3, -0.25) is 9.48 Å². The first-order chi connectivity index (χ1) is 12.6. The number of benzene rings is 1. The van der Waals surface area contributed by atoms with Crippen LogP contribution in [0.15, 0.2) is 49.1 Å². The van der Waals surface area contributed by atoms with E-state index in [0.29, 0.717) is 17.9 Å². The molecule has 0 radical (unpaired) electrons. The van der Waals surface area contributed by atoms with E-state index < -0.39 is 12.2 Å². The molecule has 9 nitrogen and oxygen atoms in total. The average Bonchev–Trinajstić information content (AvgIpc) is 3.38. The Labute approximate surface area is 149 Å². The number of rotatable bonds is 4. The van der Waals surface area contributed by atoms with Crippen LogP contribution in [0, 0.1) is 0 Å². The fourth-order valence-corrected chi connectivity index (χ4v) is 2.96. The molecule has 1 aliphatic rings. The molecule has 1 aromatic carbocycles. The Bertz CT molecular complexity index is 890. The number of nitrogens with zero attached hydrogens (tertiary/aromatic N) is 6. The lowest BCUT2D eigenvalue weighted by atomic mass is 10.2. The van der Waals surface area contributed by atoms with Gasteiger partial charge in [-0.25, -0.2) is 4.68 Å². The molecule has 1 saturated heterocycles. The largest absolute Gasteiger partial charge is 0.482 e. The van der Waals surface area contributed by atoms with E-state index in [2.05, 4.69) is 15.4 Å². The summed E-state index contributed by atoms with van der Waals surface area (Å²) in [5, 5.41) is 21.9. The van der Waals surface area contributed by atoms with E-state index >= 15 is 0 Å². The van der Waals surface area contributed by atoms with E-state index in [1.54, 1.807) is 70.4 Å². The lowest BCUT2D eigenvalue weighted by molar-refractivity contribution is 0.0729. The van der Waals surface area contributed by atoms with Gasteiger partial charge in [-0.15, -0.1) is 5.10 Å². The van der Waals surface area contributed by atoms with Crippen molar-refractivity contribution in [1.29, 1.82) is 0 Å². The number of likely N-dealkylation sites (tertiary alicyclic amines) is 1. The first-order valence-electron chi connectivity index (χ1n) is 8.19. The summed E-state index contributed by atoms with van der Waals surface area (Å²) in [6.07, 6.45) is 5.41. The fourth-order valence-electron chi connectivity index (χ4n) is 2.96. The maximum atomic E-state index is 12.7. The van der Waals surface area contributed by atoms with Gasteiger partial charge >= 0.3 is 0 Å². The number of β-amino-alcohol motifs (C(OH)–C–C–N with tert-alkyl or cyclic N) is 1. The highest BCUT2D eigenvalue weighted by Crippen LogP contribution is 2.20. The van der Waals surface area contributed by atoms with Gasteiger partial charge in [-0.2, -0.15) is 5.10 Å². The minimum Gasteiger partial charge on any atom is -0.482 e. The molecule has 0 bridgehead atoms. The fraction of sp³-hybridized carbons (Fsp3) is 0.294. The molecule has 1 fully saturated rings. The monoisotopic (exact) mass is 354 g/mol.